The zero-order chi connectivity index (χ0) is 18.3. The number of sulfonamides is 1. The summed E-state index contributed by atoms with van der Waals surface area (Å²) >= 11 is 0. The number of aryl methyl sites for hydroxylation is 1. The monoisotopic (exact) mass is 361 g/mol. The summed E-state index contributed by atoms with van der Waals surface area (Å²) in [5.74, 6) is 0. The molecule has 2 rings (SSSR count). The Bertz CT molecular complexity index is 850. The van der Waals surface area contributed by atoms with Crippen molar-refractivity contribution in [3.8, 4) is 0 Å². The molecule has 1 N–H and O–H groups in total. The average Bonchev–Trinajstić information content (AvgIpc) is 2.81. The number of anilines is 1. The number of rotatable bonds is 3. The first kappa shape index (κ1) is 18.3. The van der Waals surface area contributed by atoms with E-state index in [1.54, 1.807) is 27.8 Å². The van der Waals surface area contributed by atoms with Gasteiger partial charge in [0.2, 0.25) is 0 Å². The summed E-state index contributed by atoms with van der Waals surface area (Å²) in [6.07, 6.45) is -3.39. The lowest BCUT2D eigenvalue weighted by Gasteiger charge is -2.19. The van der Waals surface area contributed by atoms with Crippen molar-refractivity contribution in [3.63, 3.8) is 0 Å². The number of hydrogen-bond donors (Lipinski definition) is 1. The fourth-order valence-electron chi connectivity index (χ4n) is 2.20. The van der Waals surface area contributed by atoms with Crippen molar-refractivity contribution in [2.24, 2.45) is 7.05 Å². The number of aromatic nitrogens is 2. The van der Waals surface area contributed by atoms with Crippen molar-refractivity contribution < 1.29 is 21.6 Å². The van der Waals surface area contributed by atoms with Crippen LogP contribution in [0.3, 0.4) is 0 Å². The van der Waals surface area contributed by atoms with E-state index < -0.39 is 32.9 Å². The Labute approximate surface area is 138 Å². The maximum absolute atomic E-state index is 13.0. The van der Waals surface area contributed by atoms with Gasteiger partial charge in [-0.05, 0) is 12.1 Å². The van der Waals surface area contributed by atoms with Crippen molar-refractivity contribution >= 4 is 15.7 Å². The second kappa shape index (κ2) is 5.80. The maximum atomic E-state index is 13.0. The Morgan fingerprint density at radius 1 is 1.12 bits per heavy atom. The highest BCUT2D eigenvalue weighted by Crippen LogP contribution is 2.36. The van der Waals surface area contributed by atoms with Gasteiger partial charge in [-0.25, -0.2) is 8.42 Å². The van der Waals surface area contributed by atoms with Gasteiger partial charge in [0, 0.05) is 18.7 Å². The molecule has 1 heterocycles. The van der Waals surface area contributed by atoms with E-state index in [1.807, 2.05) is 4.72 Å². The number of halogens is 3. The summed E-state index contributed by atoms with van der Waals surface area (Å²) in [4.78, 5) is -0.144. The van der Waals surface area contributed by atoms with E-state index in [4.69, 9.17) is 0 Å². The summed E-state index contributed by atoms with van der Waals surface area (Å²) < 4.78 is 67.8. The molecule has 0 bridgehead atoms. The van der Waals surface area contributed by atoms with Gasteiger partial charge in [0.15, 0.2) is 0 Å². The number of nitrogens with one attached hydrogen (secondary N) is 1. The minimum absolute atomic E-state index is 0.144. The molecule has 0 saturated carbocycles. The van der Waals surface area contributed by atoms with Gasteiger partial charge in [0.25, 0.3) is 10.0 Å². The van der Waals surface area contributed by atoms with Crippen LogP contribution in [0, 0.1) is 0 Å². The molecule has 2 aromatic rings. The molecule has 132 valence electrons. The fourth-order valence-corrected chi connectivity index (χ4v) is 3.67. The molecule has 1 aromatic heterocycles. The van der Waals surface area contributed by atoms with Crippen LogP contribution < -0.4 is 4.72 Å². The molecule has 0 unspecified atom stereocenters. The molecule has 0 aliphatic rings. The highest BCUT2D eigenvalue weighted by atomic mass is 32.2. The maximum Gasteiger partial charge on any atom is 0.418 e. The van der Waals surface area contributed by atoms with Crippen LogP contribution in [0.25, 0.3) is 0 Å². The van der Waals surface area contributed by atoms with Gasteiger partial charge in [-0.1, -0.05) is 32.9 Å². The Morgan fingerprint density at radius 2 is 1.71 bits per heavy atom. The van der Waals surface area contributed by atoms with Crippen molar-refractivity contribution in [2.75, 3.05) is 4.72 Å². The first-order valence-corrected chi connectivity index (χ1v) is 8.54. The van der Waals surface area contributed by atoms with Crippen LogP contribution in [-0.4, -0.2) is 18.2 Å². The Morgan fingerprint density at radius 3 is 2.25 bits per heavy atom. The molecule has 0 saturated heterocycles. The van der Waals surface area contributed by atoms with E-state index in [0.29, 0.717) is 0 Å². The van der Waals surface area contributed by atoms with Gasteiger partial charge < -0.3 is 0 Å². The molecule has 0 amide bonds. The van der Waals surface area contributed by atoms with Gasteiger partial charge >= 0.3 is 6.18 Å². The molecule has 0 radical (unpaired) electrons. The lowest BCUT2D eigenvalue weighted by molar-refractivity contribution is -0.136. The number of nitrogens with zero attached hydrogens (tertiary/aromatic N) is 2. The molecule has 0 spiro atoms. The van der Waals surface area contributed by atoms with E-state index in [1.165, 1.54) is 23.0 Å². The molecular formula is C15H18F3N3O2S. The number of hydrogen-bond acceptors (Lipinski definition) is 3. The first-order valence-electron chi connectivity index (χ1n) is 7.05. The zero-order valence-corrected chi connectivity index (χ0v) is 14.5. The SMILES string of the molecule is Cn1cc(S(=O)(=O)Nc2ccccc2C(F)(F)F)c(C(C)(C)C)n1. The predicted molar refractivity (Wildman–Crippen MR) is 84.2 cm³/mol. The molecule has 0 aliphatic carbocycles. The standard InChI is InChI=1S/C15H18F3N3O2S/c1-14(2,3)13-12(9-21(4)19-13)24(22,23)20-11-8-6-5-7-10(11)15(16,17)18/h5-9,20H,1-4H3. The van der Waals surface area contributed by atoms with Crippen LogP contribution in [-0.2, 0) is 28.7 Å². The van der Waals surface area contributed by atoms with Crippen LogP contribution >= 0.6 is 0 Å². The minimum Gasteiger partial charge on any atom is -0.279 e. The predicted octanol–water partition coefficient (Wildman–Crippen LogP) is 3.54. The van der Waals surface area contributed by atoms with Crippen LogP contribution in [0.4, 0.5) is 18.9 Å². The zero-order valence-electron chi connectivity index (χ0n) is 13.6. The Hall–Kier alpha value is -2.03. The van der Waals surface area contributed by atoms with Gasteiger partial charge in [-0.2, -0.15) is 18.3 Å². The second-order valence-corrected chi connectivity index (χ2v) is 8.07. The van der Waals surface area contributed by atoms with Crippen molar-refractivity contribution in [1.82, 2.24) is 9.78 Å². The van der Waals surface area contributed by atoms with Gasteiger partial charge in [-0.3, -0.25) is 9.40 Å². The number of benzene rings is 1. The topological polar surface area (TPSA) is 64.0 Å². The van der Waals surface area contributed by atoms with Gasteiger partial charge in [0.05, 0.1) is 16.9 Å². The summed E-state index contributed by atoms with van der Waals surface area (Å²) in [6.45, 7) is 5.33. The molecule has 9 heteroatoms. The van der Waals surface area contributed by atoms with Gasteiger partial charge in [-0.15, -0.1) is 0 Å². The van der Waals surface area contributed by atoms with E-state index in [2.05, 4.69) is 5.10 Å². The summed E-state index contributed by atoms with van der Waals surface area (Å²) in [7, 11) is -2.67. The highest BCUT2D eigenvalue weighted by molar-refractivity contribution is 7.92. The van der Waals surface area contributed by atoms with Crippen LogP contribution in [0.5, 0.6) is 0 Å². The largest absolute Gasteiger partial charge is 0.418 e. The van der Waals surface area contributed by atoms with Crippen LogP contribution in [0.1, 0.15) is 32.0 Å². The molecule has 24 heavy (non-hydrogen) atoms. The van der Waals surface area contributed by atoms with E-state index >= 15 is 0 Å². The highest BCUT2D eigenvalue weighted by Gasteiger charge is 2.35. The lowest BCUT2D eigenvalue weighted by Crippen LogP contribution is -2.21. The molecule has 0 fully saturated rings. The van der Waals surface area contributed by atoms with Crippen LogP contribution in [0.2, 0.25) is 0 Å². The smallest absolute Gasteiger partial charge is 0.279 e. The lowest BCUT2D eigenvalue weighted by atomic mass is 9.92. The average molecular weight is 361 g/mol. The number of para-hydroxylation sites is 1. The van der Waals surface area contributed by atoms with Crippen molar-refractivity contribution in [1.29, 1.82) is 0 Å². The Balaban J connectivity index is 2.53. The third-order valence-electron chi connectivity index (χ3n) is 3.27. The van der Waals surface area contributed by atoms with Crippen molar-refractivity contribution in [3.05, 3.63) is 41.7 Å². The summed E-state index contributed by atoms with van der Waals surface area (Å²) in [6, 6.07) is 4.44. The minimum atomic E-state index is -4.67. The number of alkyl halides is 3. The fraction of sp³-hybridized carbons (Fsp3) is 0.400. The Kier molecular flexibility index (Phi) is 4.43. The first-order chi connectivity index (χ1) is 10.8. The third kappa shape index (κ3) is 3.72. The van der Waals surface area contributed by atoms with E-state index in [-0.39, 0.29) is 10.6 Å². The molecular weight excluding hydrogens is 343 g/mol. The molecule has 5 nitrogen and oxygen atoms in total. The molecule has 1 aromatic carbocycles. The van der Waals surface area contributed by atoms with E-state index in [0.717, 1.165) is 12.1 Å². The molecule has 0 atom stereocenters. The van der Waals surface area contributed by atoms with E-state index in [9.17, 15) is 21.6 Å². The third-order valence-corrected chi connectivity index (χ3v) is 4.64. The second-order valence-electron chi connectivity index (χ2n) is 6.41. The summed E-state index contributed by atoms with van der Waals surface area (Å²) in [5.41, 5.74) is -1.88. The molecule has 0 aliphatic heterocycles. The quantitative estimate of drug-likeness (QED) is 0.909. The normalized spacial score (nSPS) is 13.1. The summed E-state index contributed by atoms with van der Waals surface area (Å²) in [5, 5.41) is 4.14. The van der Waals surface area contributed by atoms with Crippen LogP contribution in [0.15, 0.2) is 35.4 Å². The van der Waals surface area contributed by atoms with Gasteiger partial charge in [0.1, 0.15) is 4.90 Å². The van der Waals surface area contributed by atoms with Crippen molar-refractivity contribution in [2.45, 2.75) is 37.3 Å².